The van der Waals surface area contributed by atoms with Crippen molar-refractivity contribution in [3.05, 3.63) is 59.7 Å². The summed E-state index contributed by atoms with van der Waals surface area (Å²) < 4.78 is 10.0. The molecule has 0 spiro atoms. The molecule has 0 fully saturated rings. The van der Waals surface area contributed by atoms with E-state index in [-0.39, 0.29) is 41.1 Å². The average Bonchev–Trinajstić information content (AvgIpc) is 2.59. The molecule has 2 N–H and O–H groups in total. The van der Waals surface area contributed by atoms with Crippen LogP contribution < -0.4 is 9.47 Å². The van der Waals surface area contributed by atoms with E-state index in [0.29, 0.717) is 22.6 Å². The van der Waals surface area contributed by atoms with Gasteiger partial charge in [0, 0.05) is 5.56 Å². The number of methoxy groups -OCH3 is 1. The molecule has 0 radical (unpaired) electrons. The number of carbonyl (C=O) groups excluding carboxylic acids is 1. The van der Waals surface area contributed by atoms with Gasteiger partial charge in [-0.2, -0.15) is 0 Å². The van der Waals surface area contributed by atoms with Gasteiger partial charge >= 0.3 is 35.5 Å². The first kappa shape index (κ1) is 20.8. The van der Waals surface area contributed by atoms with Gasteiger partial charge in [0.1, 0.15) is 5.75 Å². The molecule has 0 heterocycles. The van der Waals surface area contributed by atoms with Gasteiger partial charge in [-0.05, 0) is 48.0 Å². The molecule has 2 aromatic rings. The van der Waals surface area contributed by atoms with E-state index < -0.39 is 12.6 Å². The van der Waals surface area contributed by atoms with Crippen LogP contribution in [0.25, 0.3) is 6.08 Å². The third-order valence-electron chi connectivity index (χ3n) is 3.13. The molecular formula is C18H17NaO6. The number of ketones is 1. The summed E-state index contributed by atoms with van der Waals surface area (Å²) in [6, 6.07) is 10.9. The van der Waals surface area contributed by atoms with E-state index in [1.807, 2.05) is 0 Å². The Morgan fingerprint density at radius 1 is 1.12 bits per heavy atom. The number of hydrogen-bond acceptors (Lipinski definition) is 5. The summed E-state index contributed by atoms with van der Waals surface area (Å²) in [6.45, 7) is -0.435. The molecule has 7 heteroatoms. The molecule has 0 saturated carbocycles. The first-order valence-corrected chi connectivity index (χ1v) is 7.03. The molecule has 2 rings (SSSR count). The molecule has 0 aliphatic heterocycles. The molecule has 0 atom stereocenters. The van der Waals surface area contributed by atoms with E-state index in [1.54, 1.807) is 30.3 Å². The van der Waals surface area contributed by atoms with Crippen LogP contribution in [0.5, 0.6) is 17.2 Å². The number of carboxylic acid groups (broad SMARTS) is 1. The Labute approximate surface area is 167 Å². The Bertz CT molecular complexity index is 768. The van der Waals surface area contributed by atoms with Crippen molar-refractivity contribution in [1.82, 2.24) is 0 Å². The second kappa shape index (κ2) is 9.88. The average molecular weight is 352 g/mol. The molecule has 2 aromatic carbocycles. The van der Waals surface area contributed by atoms with Gasteiger partial charge in [-0.3, -0.25) is 4.79 Å². The van der Waals surface area contributed by atoms with Crippen LogP contribution in [0.3, 0.4) is 0 Å². The molecule has 0 saturated heterocycles. The second-order valence-corrected chi connectivity index (χ2v) is 4.84. The fraction of sp³-hybridized carbons (Fsp3) is 0.111. The summed E-state index contributed by atoms with van der Waals surface area (Å²) in [7, 11) is 1.45. The number of allylic oxidation sites excluding steroid dienone is 1. The van der Waals surface area contributed by atoms with Gasteiger partial charge < -0.3 is 19.7 Å². The van der Waals surface area contributed by atoms with Crippen molar-refractivity contribution in [2.45, 2.75) is 0 Å². The molecule has 6 nitrogen and oxygen atoms in total. The summed E-state index contributed by atoms with van der Waals surface area (Å²) in [4.78, 5) is 22.5. The number of carbonyl (C=O) groups is 2. The Balaban J connectivity index is 0.00000312. The Morgan fingerprint density at radius 3 is 2.40 bits per heavy atom. The number of phenolic OH excluding ortho intramolecular Hbond substituents is 1. The van der Waals surface area contributed by atoms with Crippen molar-refractivity contribution in [3.8, 4) is 17.2 Å². The van der Waals surface area contributed by atoms with E-state index in [0.717, 1.165) is 0 Å². The fourth-order valence-corrected chi connectivity index (χ4v) is 1.93. The van der Waals surface area contributed by atoms with Crippen molar-refractivity contribution >= 4 is 47.4 Å². The first-order chi connectivity index (χ1) is 11.5. The van der Waals surface area contributed by atoms with E-state index >= 15 is 0 Å². The summed E-state index contributed by atoms with van der Waals surface area (Å²) in [5, 5.41) is 18.1. The minimum atomic E-state index is -1.07. The molecule has 0 aliphatic rings. The van der Waals surface area contributed by atoms with Gasteiger partial charge in [0.05, 0.1) is 7.11 Å². The van der Waals surface area contributed by atoms with E-state index in [4.69, 9.17) is 14.6 Å². The number of aromatic hydroxyl groups is 1. The van der Waals surface area contributed by atoms with Crippen LogP contribution in [0.2, 0.25) is 0 Å². The van der Waals surface area contributed by atoms with Gasteiger partial charge in [0.25, 0.3) is 0 Å². The maximum absolute atomic E-state index is 12.1. The fourth-order valence-electron chi connectivity index (χ4n) is 1.93. The Kier molecular flexibility index (Phi) is 8.21. The van der Waals surface area contributed by atoms with E-state index in [9.17, 15) is 14.7 Å². The molecule has 0 unspecified atom stereocenters. The van der Waals surface area contributed by atoms with Crippen LogP contribution >= 0.6 is 0 Å². The predicted octanol–water partition coefficient (Wildman–Crippen LogP) is 2.11. The minimum absolute atomic E-state index is 0. The van der Waals surface area contributed by atoms with Crippen LogP contribution in [0.4, 0.5) is 0 Å². The van der Waals surface area contributed by atoms with Crippen molar-refractivity contribution in [2.75, 3.05) is 13.7 Å². The quantitative estimate of drug-likeness (QED) is 0.450. The van der Waals surface area contributed by atoms with E-state index in [2.05, 4.69) is 0 Å². The Hall–Kier alpha value is -2.28. The van der Waals surface area contributed by atoms with Crippen LogP contribution in [-0.2, 0) is 4.79 Å². The van der Waals surface area contributed by atoms with Crippen LogP contribution in [-0.4, -0.2) is 65.2 Å². The standard InChI is InChI=1S/C18H16O6.Na.H/c1-23-17-10-12(3-9-16(17)20)2-8-15(19)13-4-6-14(7-5-13)24-11-18(21)22;;/h2-10,20H,11H2,1H3,(H,21,22);;. The van der Waals surface area contributed by atoms with Gasteiger partial charge in [0.2, 0.25) is 0 Å². The van der Waals surface area contributed by atoms with Crippen LogP contribution in [0.1, 0.15) is 15.9 Å². The van der Waals surface area contributed by atoms with Crippen LogP contribution in [0, 0.1) is 0 Å². The van der Waals surface area contributed by atoms with Gasteiger partial charge in [-0.15, -0.1) is 0 Å². The number of rotatable bonds is 7. The summed E-state index contributed by atoms with van der Waals surface area (Å²) in [5.74, 6) is -0.558. The number of hydrogen-bond donors (Lipinski definition) is 2. The maximum atomic E-state index is 12.1. The number of phenols is 1. The van der Waals surface area contributed by atoms with Gasteiger partial charge in [0.15, 0.2) is 23.9 Å². The molecule has 0 aromatic heterocycles. The first-order valence-electron chi connectivity index (χ1n) is 7.03. The third kappa shape index (κ3) is 6.26. The van der Waals surface area contributed by atoms with Crippen molar-refractivity contribution in [3.63, 3.8) is 0 Å². The zero-order valence-electron chi connectivity index (χ0n) is 12.9. The zero-order chi connectivity index (χ0) is 17.5. The topological polar surface area (TPSA) is 93.1 Å². The molecular weight excluding hydrogens is 335 g/mol. The van der Waals surface area contributed by atoms with Crippen LogP contribution in [0.15, 0.2) is 48.5 Å². The predicted molar refractivity (Wildman–Crippen MR) is 94.7 cm³/mol. The molecule has 0 aliphatic carbocycles. The van der Waals surface area contributed by atoms with Gasteiger partial charge in [-0.25, -0.2) is 4.79 Å². The normalized spacial score (nSPS) is 10.1. The zero-order valence-corrected chi connectivity index (χ0v) is 12.9. The van der Waals surface area contributed by atoms with Crippen molar-refractivity contribution in [1.29, 1.82) is 0 Å². The molecule has 0 amide bonds. The Morgan fingerprint density at radius 2 is 1.80 bits per heavy atom. The summed E-state index contributed by atoms with van der Waals surface area (Å²) in [6.07, 6.45) is 3.01. The number of carboxylic acids is 1. The summed E-state index contributed by atoms with van der Waals surface area (Å²) in [5.41, 5.74) is 1.15. The second-order valence-electron chi connectivity index (χ2n) is 4.84. The van der Waals surface area contributed by atoms with Crippen molar-refractivity contribution < 1.29 is 29.3 Å². The molecule has 0 bridgehead atoms. The number of benzene rings is 2. The molecule has 25 heavy (non-hydrogen) atoms. The SMILES string of the molecule is COc1cc(C=CC(=O)c2ccc(OCC(=O)O)cc2)ccc1O.[NaH]. The monoisotopic (exact) mass is 352 g/mol. The van der Waals surface area contributed by atoms with E-state index in [1.165, 1.54) is 31.4 Å². The van der Waals surface area contributed by atoms with Crippen molar-refractivity contribution in [2.24, 2.45) is 0 Å². The molecule has 126 valence electrons. The summed E-state index contributed by atoms with van der Waals surface area (Å²) >= 11 is 0. The third-order valence-corrected chi connectivity index (χ3v) is 3.13. The van der Waals surface area contributed by atoms with Gasteiger partial charge in [-0.1, -0.05) is 12.1 Å². The number of ether oxygens (including phenoxy) is 2. The number of aliphatic carboxylic acids is 1.